The summed E-state index contributed by atoms with van der Waals surface area (Å²) in [7, 11) is 0. The molecule has 0 unspecified atom stereocenters. The van der Waals surface area contributed by atoms with Gasteiger partial charge in [0.15, 0.2) is 0 Å². The van der Waals surface area contributed by atoms with Crippen LogP contribution in [0.5, 0.6) is 0 Å². The monoisotopic (exact) mass is 303 g/mol. The zero-order valence-corrected chi connectivity index (χ0v) is 13.6. The summed E-state index contributed by atoms with van der Waals surface area (Å²) < 4.78 is 0. The second-order valence-corrected chi connectivity index (χ2v) is 5.90. The highest BCUT2D eigenvalue weighted by Gasteiger charge is 2.07. The first kappa shape index (κ1) is 15.8. The van der Waals surface area contributed by atoms with E-state index >= 15 is 0 Å². The lowest BCUT2D eigenvalue weighted by molar-refractivity contribution is 0.776. The van der Waals surface area contributed by atoms with E-state index in [-0.39, 0.29) is 5.92 Å². The van der Waals surface area contributed by atoms with E-state index in [0.717, 1.165) is 23.8 Å². The first-order chi connectivity index (χ1) is 10.1. The van der Waals surface area contributed by atoms with Crippen molar-refractivity contribution in [3.8, 4) is 0 Å². The number of anilines is 2. The Labute approximate surface area is 131 Å². The first-order valence-electron chi connectivity index (χ1n) is 7.49. The van der Waals surface area contributed by atoms with Gasteiger partial charge in [-0.05, 0) is 30.5 Å². The highest BCUT2D eigenvalue weighted by molar-refractivity contribution is 6.29. The molecule has 4 heteroatoms. The maximum Gasteiger partial charge on any atom is 0.135 e. The molecule has 0 saturated heterocycles. The van der Waals surface area contributed by atoms with Crippen molar-refractivity contribution in [1.29, 1.82) is 0 Å². The quantitative estimate of drug-likeness (QED) is 0.732. The van der Waals surface area contributed by atoms with Crippen LogP contribution in [0.3, 0.4) is 0 Å². The summed E-state index contributed by atoms with van der Waals surface area (Å²) in [5, 5.41) is 3.76. The Morgan fingerprint density at radius 3 is 2.48 bits per heavy atom. The molecule has 0 fully saturated rings. The van der Waals surface area contributed by atoms with Crippen LogP contribution in [0.2, 0.25) is 5.15 Å². The largest absolute Gasteiger partial charge is 0.340 e. The van der Waals surface area contributed by atoms with Crippen LogP contribution in [0.15, 0.2) is 30.3 Å². The van der Waals surface area contributed by atoms with Crippen LogP contribution in [-0.4, -0.2) is 9.97 Å². The summed E-state index contributed by atoms with van der Waals surface area (Å²) in [6, 6.07) is 10.2. The number of hydrogen-bond acceptors (Lipinski definition) is 3. The fourth-order valence-electron chi connectivity index (χ4n) is 2.04. The van der Waals surface area contributed by atoms with Gasteiger partial charge in [0, 0.05) is 17.7 Å². The van der Waals surface area contributed by atoms with Crippen molar-refractivity contribution in [2.24, 2.45) is 0 Å². The number of benzene rings is 1. The van der Waals surface area contributed by atoms with Crippen LogP contribution in [0.4, 0.5) is 11.5 Å². The van der Waals surface area contributed by atoms with Crippen molar-refractivity contribution in [1.82, 2.24) is 9.97 Å². The number of hydrogen-bond donors (Lipinski definition) is 1. The lowest BCUT2D eigenvalue weighted by Crippen LogP contribution is -2.02. The first-order valence-corrected chi connectivity index (χ1v) is 7.86. The smallest absolute Gasteiger partial charge is 0.135 e. The molecule has 1 aromatic carbocycles. The normalized spacial score (nSPS) is 10.9. The molecule has 0 aliphatic rings. The van der Waals surface area contributed by atoms with E-state index in [0.29, 0.717) is 5.15 Å². The number of aryl methyl sites for hydroxylation is 1. The summed E-state index contributed by atoms with van der Waals surface area (Å²) in [5.41, 5.74) is 2.38. The molecule has 0 radical (unpaired) electrons. The van der Waals surface area contributed by atoms with Crippen LogP contribution in [0.25, 0.3) is 0 Å². The Morgan fingerprint density at radius 1 is 1.14 bits per heavy atom. The maximum atomic E-state index is 6.05. The van der Waals surface area contributed by atoms with E-state index in [1.807, 2.05) is 0 Å². The average molecular weight is 304 g/mol. The zero-order chi connectivity index (χ0) is 15.2. The van der Waals surface area contributed by atoms with Crippen LogP contribution in [0.1, 0.15) is 50.9 Å². The minimum Gasteiger partial charge on any atom is -0.340 e. The Kier molecular flexibility index (Phi) is 5.57. The molecule has 0 aliphatic heterocycles. The molecule has 2 rings (SSSR count). The van der Waals surface area contributed by atoms with E-state index in [4.69, 9.17) is 11.6 Å². The molecule has 0 atom stereocenters. The third-order valence-electron chi connectivity index (χ3n) is 3.27. The number of nitrogens with zero attached hydrogens (tertiary/aromatic N) is 2. The summed E-state index contributed by atoms with van der Waals surface area (Å²) >= 11 is 6.05. The van der Waals surface area contributed by atoms with Crippen molar-refractivity contribution in [3.05, 3.63) is 46.9 Å². The molecule has 1 heterocycles. The van der Waals surface area contributed by atoms with Crippen molar-refractivity contribution < 1.29 is 0 Å². The minimum atomic E-state index is 0.251. The van der Waals surface area contributed by atoms with Gasteiger partial charge in [0.2, 0.25) is 0 Å². The molecule has 112 valence electrons. The van der Waals surface area contributed by atoms with Gasteiger partial charge in [0.05, 0.1) is 0 Å². The molecular weight excluding hydrogens is 282 g/mol. The highest BCUT2D eigenvalue weighted by atomic mass is 35.5. The second-order valence-electron chi connectivity index (χ2n) is 5.51. The standard InChI is InChI=1S/C17H22ClN3/c1-4-5-6-13-7-9-14(10-8-13)19-16-11-15(18)20-17(21-16)12(2)3/h7-12H,4-6H2,1-3H3,(H,19,20,21). The topological polar surface area (TPSA) is 37.8 Å². The van der Waals surface area contributed by atoms with E-state index in [2.05, 4.69) is 60.3 Å². The van der Waals surface area contributed by atoms with E-state index in [9.17, 15) is 0 Å². The van der Waals surface area contributed by atoms with Crippen molar-refractivity contribution >= 4 is 23.1 Å². The molecule has 0 spiro atoms. The van der Waals surface area contributed by atoms with E-state index in [1.54, 1.807) is 6.07 Å². The van der Waals surface area contributed by atoms with Crippen molar-refractivity contribution in [2.75, 3.05) is 5.32 Å². The van der Waals surface area contributed by atoms with Crippen LogP contribution in [0, 0.1) is 0 Å². The second kappa shape index (κ2) is 7.41. The molecule has 3 nitrogen and oxygen atoms in total. The molecule has 0 aliphatic carbocycles. The molecule has 2 aromatic rings. The fraction of sp³-hybridized carbons (Fsp3) is 0.412. The zero-order valence-electron chi connectivity index (χ0n) is 12.9. The van der Waals surface area contributed by atoms with Gasteiger partial charge in [-0.2, -0.15) is 0 Å². The average Bonchev–Trinajstić information content (AvgIpc) is 2.46. The maximum absolute atomic E-state index is 6.05. The summed E-state index contributed by atoms with van der Waals surface area (Å²) in [6.07, 6.45) is 3.58. The van der Waals surface area contributed by atoms with Gasteiger partial charge in [-0.3, -0.25) is 0 Å². The Balaban J connectivity index is 2.10. The van der Waals surface area contributed by atoms with Crippen LogP contribution < -0.4 is 5.32 Å². The van der Waals surface area contributed by atoms with Gasteiger partial charge in [0.1, 0.15) is 16.8 Å². The highest BCUT2D eigenvalue weighted by Crippen LogP contribution is 2.21. The van der Waals surface area contributed by atoms with Gasteiger partial charge < -0.3 is 5.32 Å². The molecular formula is C17H22ClN3. The number of unbranched alkanes of at least 4 members (excludes halogenated alkanes) is 1. The van der Waals surface area contributed by atoms with Crippen molar-refractivity contribution in [2.45, 2.75) is 46.0 Å². The summed E-state index contributed by atoms with van der Waals surface area (Å²) in [4.78, 5) is 8.73. The van der Waals surface area contributed by atoms with Gasteiger partial charge in [0.25, 0.3) is 0 Å². The Bertz CT molecular complexity index is 579. The predicted molar refractivity (Wildman–Crippen MR) is 89.5 cm³/mol. The van der Waals surface area contributed by atoms with Crippen molar-refractivity contribution in [3.63, 3.8) is 0 Å². The fourth-order valence-corrected chi connectivity index (χ4v) is 2.23. The van der Waals surface area contributed by atoms with E-state index in [1.165, 1.54) is 18.4 Å². The Morgan fingerprint density at radius 2 is 1.86 bits per heavy atom. The molecule has 0 saturated carbocycles. The number of nitrogens with one attached hydrogen (secondary N) is 1. The van der Waals surface area contributed by atoms with Crippen LogP contribution >= 0.6 is 11.6 Å². The minimum absolute atomic E-state index is 0.251. The molecule has 1 N–H and O–H groups in total. The van der Waals surface area contributed by atoms with Gasteiger partial charge in [-0.15, -0.1) is 0 Å². The number of aromatic nitrogens is 2. The number of halogens is 1. The van der Waals surface area contributed by atoms with Gasteiger partial charge in [-0.1, -0.05) is 50.9 Å². The SMILES string of the molecule is CCCCc1ccc(Nc2cc(Cl)nc(C(C)C)n2)cc1. The molecule has 21 heavy (non-hydrogen) atoms. The van der Waals surface area contributed by atoms with Gasteiger partial charge in [-0.25, -0.2) is 9.97 Å². The molecule has 0 bridgehead atoms. The lowest BCUT2D eigenvalue weighted by atomic mass is 10.1. The van der Waals surface area contributed by atoms with Gasteiger partial charge >= 0.3 is 0 Å². The van der Waals surface area contributed by atoms with Crippen LogP contribution in [-0.2, 0) is 6.42 Å². The molecule has 0 amide bonds. The number of rotatable bonds is 6. The predicted octanol–water partition coefficient (Wildman–Crippen LogP) is 5.34. The lowest BCUT2D eigenvalue weighted by Gasteiger charge is -2.10. The summed E-state index contributed by atoms with van der Waals surface area (Å²) in [5.74, 6) is 1.74. The van der Waals surface area contributed by atoms with E-state index < -0.39 is 0 Å². The third-order valence-corrected chi connectivity index (χ3v) is 3.47. The molecule has 1 aromatic heterocycles. The summed E-state index contributed by atoms with van der Waals surface area (Å²) in [6.45, 7) is 6.32. The Hall–Kier alpha value is -1.61. The third kappa shape index (κ3) is 4.71.